The molecule has 0 aliphatic carbocycles. The van der Waals surface area contributed by atoms with Gasteiger partial charge in [-0.3, -0.25) is 4.79 Å². The summed E-state index contributed by atoms with van der Waals surface area (Å²) in [7, 11) is 0. The number of aromatic nitrogens is 4. The summed E-state index contributed by atoms with van der Waals surface area (Å²) in [5.74, 6) is 0.810. The molecule has 0 aromatic carbocycles. The zero-order valence-corrected chi connectivity index (χ0v) is 23.0. The first-order chi connectivity index (χ1) is 18.5. The second-order valence-electron chi connectivity index (χ2n) is 9.81. The number of ketones is 1. The predicted octanol–water partition coefficient (Wildman–Crippen LogP) is 5.56. The minimum absolute atomic E-state index is 0.0264. The van der Waals surface area contributed by atoms with Gasteiger partial charge in [0.15, 0.2) is 11.4 Å². The molecule has 2 atom stereocenters. The van der Waals surface area contributed by atoms with E-state index in [1.165, 1.54) is 0 Å². The highest BCUT2D eigenvalue weighted by Gasteiger charge is 2.25. The van der Waals surface area contributed by atoms with Gasteiger partial charge in [0.2, 0.25) is 0 Å². The van der Waals surface area contributed by atoms with Crippen molar-refractivity contribution in [2.45, 2.75) is 46.1 Å². The van der Waals surface area contributed by atoms with E-state index in [4.69, 9.17) is 9.97 Å². The van der Waals surface area contributed by atoms with Crippen molar-refractivity contribution in [2.24, 2.45) is 5.92 Å². The van der Waals surface area contributed by atoms with Crippen molar-refractivity contribution in [1.82, 2.24) is 24.5 Å². The van der Waals surface area contributed by atoms with Crippen molar-refractivity contribution >= 4 is 28.6 Å². The lowest BCUT2D eigenvalue weighted by Gasteiger charge is -2.26. The number of nitrogens with zero attached hydrogens (tertiary/aromatic N) is 7. The van der Waals surface area contributed by atoms with Crippen LogP contribution in [-0.2, 0) is 0 Å². The molecule has 196 valence electrons. The molecule has 8 nitrogen and oxygen atoms in total. The van der Waals surface area contributed by atoms with E-state index in [0.717, 1.165) is 54.4 Å². The molecule has 5 rings (SSSR count). The number of anilines is 1. The quantitative estimate of drug-likeness (QED) is 0.249. The lowest BCUT2D eigenvalue weighted by molar-refractivity contribution is 0.0964. The summed E-state index contributed by atoms with van der Waals surface area (Å²) < 4.78 is 1.75. The third kappa shape index (κ3) is 5.33. The first-order valence-corrected chi connectivity index (χ1v) is 14.2. The number of fused-ring (bicyclic) bond motifs is 1. The monoisotopic (exact) mass is 527 g/mol. The number of thiophene rings is 1. The average molecular weight is 528 g/mol. The Hall–Kier alpha value is -3.61. The van der Waals surface area contributed by atoms with Crippen molar-refractivity contribution in [3.63, 3.8) is 0 Å². The molecule has 1 saturated heterocycles. The van der Waals surface area contributed by atoms with Gasteiger partial charge in [0.1, 0.15) is 5.82 Å². The molecule has 38 heavy (non-hydrogen) atoms. The molecule has 4 aromatic heterocycles. The molecule has 4 aromatic rings. The lowest BCUT2D eigenvalue weighted by Crippen LogP contribution is -2.33. The Morgan fingerprint density at radius 1 is 1.24 bits per heavy atom. The number of rotatable bonds is 10. The molecule has 0 saturated carbocycles. The molecule has 5 heterocycles. The summed E-state index contributed by atoms with van der Waals surface area (Å²) >= 11 is 1.64. The van der Waals surface area contributed by atoms with Gasteiger partial charge in [-0.05, 0) is 62.5 Å². The standard InChI is InChI=1S/C29H33N7OS/c1-4-34(5-2)20(3)8-9-26(37)22-15-25(32-28(16-22)35-12-10-21(17-30)19-35)23-18-31-36-13-11-24(33-29(23)36)27-7-6-14-38-27/h6-7,11,13-16,18,20-21H,4-5,8-10,12,19H2,1-3H3/t20-,21-/m0/s1. The highest BCUT2D eigenvalue weighted by molar-refractivity contribution is 7.13. The van der Waals surface area contributed by atoms with Gasteiger partial charge < -0.3 is 9.80 Å². The highest BCUT2D eigenvalue weighted by Crippen LogP contribution is 2.31. The van der Waals surface area contributed by atoms with Gasteiger partial charge in [-0.25, -0.2) is 14.5 Å². The molecule has 0 unspecified atom stereocenters. The first kappa shape index (κ1) is 26.0. The van der Waals surface area contributed by atoms with Crippen molar-refractivity contribution in [3.05, 3.63) is 53.7 Å². The Morgan fingerprint density at radius 3 is 2.79 bits per heavy atom. The second-order valence-corrected chi connectivity index (χ2v) is 10.8. The van der Waals surface area contributed by atoms with Crippen LogP contribution in [0.3, 0.4) is 0 Å². The molecule has 1 aliphatic heterocycles. The van der Waals surface area contributed by atoms with Crippen LogP contribution in [0.15, 0.2) is 48.1 Å². The number of hydrogen-bond acceptors (Lipinski definition) is 8. The smallest absolute Gasteiger partial charge is 0.165 e. The molecule has 1 fully saturated rings. The van der Waals surface area contributed by atoms with Gasteiger partial charge in [0.05, 0.1) is 40.0 Å². The van der Waals surface area contributed by atoms with E-state index in [2.05, 4.69) is 41.7 Å². The Bertz CT molecular complexity index is 1450. The van der Waals surface area contributed by atoms with Gasteiger partial charge in [-0.1, -0.05) is 19.9 Å². The minimum Gasteiger partial charge on any atom is -0.355 e. The van der Waals surface area contributed by atoms with Crippen molar-refractivity contribution < 1.29 is 4.79 Å². The Kier molecular flexibility index (Phi) is 7.82. The Balaban J connectivity index is 1.51. The van der Waals surface area contributed by atoms with E-state index in [-0.39, 0.29) is 11.7 Å². The molecule has 0 bridgehead atoms. The maximum atomic E-state index is 13.5. The van der Waals surface area contributed by atoms with Crippen LogP contribution in [0.4, 0.5) is 5.82 Å². The van der Waals surface area contributed by atoms with Crippen LogP contribution in [0.1, 0.15) is 50.4 Å². The molecular formula is C29H33N7OS. The zero-order valence-electron chi connectivity index (χ0n) is 22.2. The van der Waals surface area contributed by atoms with Crippen LogP contribution in [-0.4, -0.2) is 62.5 Å². The van der Waals surface area contributed by atoms with E-state index in [1.807, 2.05) is 41.9 Å². The van der Waals surface area contributed by atoms with Crippen molar-refractivity contribution in [3.8, 4) is 27.9 Å². The fourth-order valence-corrected chi connectivity index (χ4v) is 5.87. The number of nitriles is 1. The molecular weight excluding hydrogens is 494 g/mol. The summed E-state index contributed by atoms with van der Waals surface area (Å²) in [5.41, 5.74) is 3.68. The lowest BCUT2D eigenvalue weighted by atomic mass is 10.0. The van der Waals surface area contributed by atoms with Gasteiger partial charge in [-0.15, -0.1) is 11.3 Å². The fraction of sp³-hybridized carbons (Fsp3) is 0.414. The van der Waals surface area contributed by atoms with Crippen LogP contribution in [0.25, 0.3) is 27.5 Å². The van der Waals surface area contributed by atoms with Crippen LogP contribution >= 0.6 is 11.3 Å². The maximum Gasteiger partial charge on any atom is 0.165 e. The van der Waals surface area contributed by atoms with E-state index >= 15 is 0 Å². The topological polar surface area (TPSA) is 90.4 Å². The Morgan fingerprint density at radius 2 is 2.08 bits per heavy atom. The summed E-state index contributed by atoms with van der Waals surface area (Å²) in [6.45, 7) is 9.81. The molecule has 0 radical (unpaired) electrons. The number of carbonyl (C=O) groups is 1. The largest absolute Gasteiger partial charge is 0.355 e. The van der Waals surface area contributed by atoms with Gasteiger partial charge in [-0.2, -0.15) is 10.4 Å². The van der Waals surface area contributed by atoms with Crippen LogP contribution in [0, 0.1) is 17.2 Å². The minimum atomic E-state index is -0.0264. The summed E-state index contributed by atoms with van der Waals surface area (Å²) in [4.78, 5) is 28.9. The van der Waals surface area contributed by atoms with Crippen molar-refractivity contribution in [2.75, 3.05) is 31.1 Å². The number of carbonyl (C=O) groups excluding carboxylic acids is 1. The third-order valence-electron chi connectivity index (χ3n) is 7.47. The van der Waals surface area contributed by atoms with Crippen LogP contribution < -0.4 is 4.90 Å². The molecule has 0 spiro atoms. The summed E-state index contributed by atoms with van der Waals surface area (Å²) in [6.07, 6.45) is 5.75. The van der Waals surface area contributed by atoms with Gasteiger partial charge in [0.25, 0.3) is 0 Å². The SMILES string of the molecule is CCN(CC)[C@@H](C)CCC(=O)c1cc(-c2cnn3ccc(-c4cccs4)nc23)nc(N2CC[C@@H](C#N)C2)c1. The number of pyridine rings is 1. The first-order valence-electron chi connectivity index (χ1n) is 13.3. The number of hydrogen-bond donors (Lipinski definition) is 0. The maximum absolute atomic E-state index is 13.5. The van der Waals surface area contributed by atoms with Crippen LogP contribution in [0.5, 0.6) is 0 Å². The zero-order chi connectivity index (χ0) is 26.6. The van der Waals surface area contributed by atoms with Crippen LogP contribution in [0.2, 0.25) is 0 Å². The fourth-order valence-electron chi connectivity index (χ4n) is 5.18. The molecule has 0 N–H and O–H groups in total. The molecule has 0 amide bonds. The molecule has 1 aliphatic rings. The van der Waals surface area contributed by atoms with Gasteiger partial charge >= 0.3 is 0 Å². The summed E-state index contributed by atoms with van der Waals surface area (Å²) in [5, 5.41) is 16.0. The van der Waals surface area contributed by atoms with E-state index < -0.39 is 0 Å². The normalized spacial score (nSPS) is 16.3. The highest BCUT2D eigenvalue weighted by atomic mass is 32.1. The molecule has 9 heteroatoms. The average Bonchev–Trinajstić information content (AvgIpc) is 3.72. The number of Topliss-reactive ketones (excluding diaryl/α,β-unsaturated/α-hetero) is 1. The second kappa shape index (κ2) is 11.4. The summed E-state index contributed by atoms with van der Waals surface area (Å²) in [6, 6.07) is 12.5. The third-order valence-corrected chi connectivity index (χ3v) is 8.36. The Labute approximate surface area is 227 Å². The van der Waals surface area contributed by atoms with E-state index in [0.29, 0.717) is 35.9 Å². The van der Waals surface area contributed by atoms with Crippen molar-refractivity contribution in [1.29, 1.82) is 5.26 Å². The van der Waals surface area contributed by atoms with Gasteiger partial charge in [0, 0.05) is 37.3 Å². The van der Waals surface area contributed by atoms with E-state index in [9.17, 15) is 10.1 Å². The van der Waals surface area contributed by atoms with E-state index in [1.54, 1.807) is 22.0 Å². The predicted molar refractivity (Wildman–Crippen MR) is 151 cm³/mol.